The number of hydrogen-bond donors (Lipinski definition) is 1. The Balaban J connectivity index is -0.000000597. The van der Waals surface area contributed by atoms with Gasteiger partial charge in [-0.3, -0.25) is 4.79 Å². The van der Waals surface area contributed by atoms with Crippen molar-refractivity contribution >= 4 is 27.9 Å². The molecule has 252 valence electrons. The Bertz CT molecular complexity index is 686. The molecule has 0 aromatic rings. The molecule has 2 fully saturated rings. The van der Waals surface area contributed by atoms with Gasteiger partial charge in [-0.1, -0.05) is 28.8 Å². The summed E-state index contributed by atoms with van der Waals surface area (Å²) in [6.07, 6.45) is 9.26. The first-order chi connectivity index (χ1) is 19.2. The third-order valence-corrected chi connectivity index (χ3v) is 6.55. The quantitative estimate of drug-likeness (QED) is 0.139. The van der Waals surface area contributed by atoms with Crippen LogP contribution in [-0.2, 0) is 42.7 Å². The van der Waals surface area contributed by atoms with E-state index >= 15 is 0 Å². The van der Waals surface area contributed by atoms with E-state index in [0.29, 0.717) is 44.7 Å². The average Bonchev–Trinajstić information content (AvgIpc) is 2.90. The number of alkyl halides is 1. The van der Waals surface area contributed by atoms with Crippen LogP contribution in [0.15, 0.2) is 0 Å². The Kier molecular flexibility index (Phi) is 30.2. The molecule has 0 aromatic heterocycles. The van der Waals surface area contributed by atoms with Crippen LogP contribution in [0.4, 0.5) is 0 Å². The Hall–Kier alpha value is 0.140. The van der Waals surface area contributed by atoms with Gasteiger partial charge in [-0.05, 0) is 91.9 Å². The number of hydrogen-bond acceptors (Lipinski definition) is 11. The number of rotatable bonds is 12. The van der Waals surface area contributed by atoms with Crippen LogP contribution in [-0.4, -0.2) is 98.9 Å². The summed E-state index contributed by atoms with van der Waals surface area (Å²) in [4.78, 5) is 22.1. The van der Waals surface area contributed by atoms with Gasteiger partial charge in [0, 0.05) is 20.8 Å². The molecule has 2 rings (SSSR count). The fourth-order valence-electron chi connectivity index (χ4n) is 4.48. The SMILES string of the molecule is CC(C)(C)OC(=O)CBr.COCOC1CCCC(CO)C1.COCOC1CCCC(COCC(=O)OC(C)(C)C)C1.[Na+].[OH-]. The standard InChI is InChI=1S/C15H28O5.C9H18O3.C6H11BrO2.Na.H2O/c1-15(2,3)20-14(16)10-18-9-12-6-5-7-13(8-12)19-11-17-4;1-11-7-12-9-4-2-3-8(5-9)6-10;1-6(2,3)9-5(8)4-7;;/h12-13H,5-11H2,1-4H3;8-10H,2-7H2,1H3;4H2,1-3H3;;1H2/q;;;+1;/p-1. The minimum Gasteiger partial charge on any atom is -0.870 e. The summed E-state index contributed by atoms with van der Waals surface area (Å²) in [5.41, 5.74) is -0.810. The molecule has 2 aliphatic carbocycles. The largest absolute Gasteiger partial charge is 1.00 e. The predicted molar refractivity (Wildman–Crippen MR) is 163 cm³/mol. The van der Waals surface area contributed by atoms with Crippen molar-refractivity contribution in [2.24, 2.45) is 11.8 Å². The Morgan fingerprint density at radius 2 is 1.21 bits per heavy atom. The minimum atomic E-state index is -0.454. The first-order valence-electron chi connectivity index (χ1n) is 14.6. The van der Waals surface area contributed by atoms with Gasteiger partial charge in [-0.2, -0.15) is 0 Å². The van der Waals surface area contributed by atoms with Crippen LogP contribution < -0.4 is 29.6 Å². The van der Waals surface area contributed by atoms with Gasteiger partial charge >= 0.3 is 41.5 Å². The summed E-state index contributed by atoms with van der Waals surface area (Å²) in [6, 6.07) is 0. The second-order valence-corrected chi connectivity index (χ2v) is 13.0. The zero-order chi connectivity index (χ0) is 31.3. The number of aliphatic hydroxyl groups is 1. The van der Waals surface area contributed by atoms with Crippen molar-refractivity contribution in [1.29, 1.82) is 0 Å². The third-order valence-electron chi connectivity index (χ3n) is 6.09. The molecule has 4 atom stereocenters. The van der Waals surface area contributed by atoms with Crippen molar-refractivity contribution in [2.75, 3.05) is 53.0 Å². The Morgan fingerprint density at radius 3 is 1.60 bits per heavy atom. The normalized spacial score (nSPS) is 21.8. The molecule has 0 amide bonds. The van der Waals surface area contributed by atoms with Gasteiger partial charge in [0.1, 0.15) is 36.7 Å². The zero-order valence-corrected chi connectivity index (χ0v) is 31.7. The second-order valence-electron chi connectivity index (χ2n) is 12.5. The summed E-state index contributed by atoms with van der Waals surface area (Å²) in [5, 5.41) is 9.22. The number of carbonyl (C=O) groups excluding carboxylic acids is 2. The van der Waals surface area contributed by atoms with Gasteiger partial charge in [-0.25, -0.2) is 4.79 Å². The van der Waals surface area contributed by atoms with E-state index in [1.165, 1.54) is 6.42 Å². The Labute approximate surface area is 290 Å². The van der Waals surface area contributed by atoms with Crippen LogP contribution in [0.25, 0.3) is 0 Å². The van der Waals surface area contributed by atoms with E-state index in [0.717, 1.165) is 44.9 Å². The molecular weight excluding hydrogens is 639 g/mol. The molecule has 11 nitrogen and oxygen atoms in total. The van der Waals surface area contributed by atoms with E-state index in [1.807, 2.05) is 41.5 Å². The van der Waals surface area contributed by atoms with Crippen molar-refractivity contribution < 1.29 is 82.9 Å². The number of aliphatic hydroxyl groups excluding tert-OH is 1. The Morgan fingerprint density at radius 1 is 0.767 bits per heavy atom. The van der Waals surface area contributed by atoms with E-state index in [1.54, 1.807) is 14.2 Å². The molecule has 0 saturated heterocycles. The molecule has 0 radical (unpaired) electrons. The van der Waals surface area contributed by atoms with E-state index < -0.39 is 5.60 Å². The first kappa shape index (κ1) is 47.5. The zero-order valence-electron chi connectivity index (χ0n) is 28.2. The van der Waals surface area contributed by atoms with Gasteiger partial charge in [-0.15, -0.1) is 0 Å². The van der Waals surface area contributed by atoms with Crippen LogP contribution in [0.2, 0.25) is 0 Å². The van der Waals surface area contributed by atoms with Gasteiger partial charge in [0.2, 0.25) is 0 Å². The summed E-state index contributed by atoms with van der Waals surface area (Å²) >= 11 is 2.99. The minimum absolute atomic E-state index is 0. The van der Waals surface area contributed by atoms with Crippen LogP contribution in [0.3, 0.4) is 0 Å². The fourth-order valence-corrected chi connectivity index (χ4v) is 4.59. The predicted octanol–water partition coefficient (Wildman–Crippen LogP) is 2.23. The van der Waals surface area contributed by atoms with Crippen LogP contribution in [0.5, 0.6) is 0 Å². The molecule has 0 heterocycles. The van der Waals surface area contributed by atoms with Crippen molar-refractivity contribution in [1.82, 2.24) is 0 Å². The molecular formula is C30H58BrNaO11. The van der Waals surface area contributed by atoms with Gasteiger partial charge in [0.25, 0.3) is 0 Å². The number of esters is 2. The fraction of sp³-hybridized carbons (Fsp3) is 0.933. The summed E-state index contributed by atoms with van der Waals surface area (Å²) in [7, 11) is 3.26. The number of ether oxygens (including phenoxy) is 7. The summed E-state index contributed by atoms with van der Waals surface area (Å²) in [5.74, 6) is 0.372. The molecule has 0 aromatic carbocycles. The van der Waals surface area contributed by atoms with Crippen LogP contribution in [0, 0.1) is 11.8 Å². The maximum absolute atomic E-state index is 11.5. The van der Waals surface area contributed by atoms with Crippen molar-refractivity contribution in [3.63, 3.8) is 0 Å². The van der Waals surface area contributed by atoms with Crippen molar-refractivity contribution in [3.8, 4) is 0 Å². The summed E-state index contributed by atoms with van der Waals surface area (Å²) < 4.78 is 36.3. The van der Waals surface area contributed by atoms with Crippen LogP contribution >= 0.6 is 15.9 Å². The number of halogens is 1. The molecule has 2 N–H and O–H groups in total. The number of carbonyl (C=O) groups is 2. The van der Waals surface area contributed by atoms with Gasteiger partial charge < -0.3 is 43.7 Å². The number of methoxy groups -OCH3 is 2. The van der Waals surface area contributed by atoms with Crippen molar-refractivity contribution in [2.45, 2.75) is 116 Å². The van der Waals surface area contributed by atoms with Crippen molar-refractivity contribution in [3.05, 3.63) is 0 Å². The average molecular weight is 698 g/mol. The van der Waals surface area contributed by atoms with Gasteiger partial charge in [0.15, 0.2) is 0 Å². The first-order valence-corrected chi connectivity index (χ1v) is 15.7. The smallest absolute Gasteiger partial charge is 0.870 e. The van der Waals surface area contributed by atoms with E-state index in [2.05, 4.69) is 15.9 Å². The molecule has 0 spiro atoms. The molecule has 2 saturated carbocycles. The summed E-state index contributed by atoms with van der Waals surface area (Å²) in [6.45, 7) is 12.7. The maximum Gasteiger partial charge on any atom is 1.00 e. The second kappa shape index (κ2) is 27.3. The maximum atomic E-state index is 11.5. The monoisotopic (exact) mass is 696 g/mol. The third kappa shape index (κ3) is 29.3. The molecule has 0 bridgehead atoms. The van der Waals surface area contributed by atoms with E-state index in [-0.39, 0.29) is 70.6 Å². The van der Waals surface area contributed by atoms with E-state index in [9.17, 15) is 9.59 Å². The topological polar surface area (TPSA) is 149 Å². The molecule has 13 heteroatoms. The molecule has 4 unspecified atom stereocenters. The molecule has 43 heavy (non-hydrogen) atoms. The molecule has 2 aliphatic rings. The van der Waals surface area contributed by atoms with Crippen LogP contribution in [0.1, 0.15) is 92.9 Å². The molecule has 0 aliphatic heterocycles. The van der Waals surface area contributed by atoms with Gasteiger partial charge in [0.05, 0.1) is 18.8 Å². The van der Waals surface area contributed by atoms with E-state index in [4.69, 9.17) is 38.3 Å².